The number of thiophene rings is 1. The smallest absolute Gasteiger partial charge is 0.348 e. The second-order valence-corrected chi connectivity index (χ2v) is 8.81. The Balaban J connectivity index is 1.52. The summed E-state index contributed by atoms with van der Waals surface area (Å²) < 4.78 is 25.1. The summed E-state index contributed by atoms with van der Waals surface area (Å²) in [6.07, 6.45) is 0.0162. The van der Waals surface area contributed by atoms with Crippen molar-refractivity contribution < 1.29 is 23.5 Å². The fourth-order valence-electron chi connectivity index (χ4n) is 3.80. The molecular weight excluding hydrogens is 469 g/mol. The van der Waals surface area contributed by atoms with Gasteiger partial charge in [0.05, 0.1) is 36.4 Å². The van der Waals surface area contributed by atoms with Gasteiger partial charge in [-0.15, -0.1) is 11.3 Å². The summed E-state index contributed by atoms with van der Waals surface area (Å²) in [6.45, 7) is 2.06. The molecule has 3 aromatic rings. The van der Waals surface area contributed by atoms with Crippen LogP contribution in [0, 0.1) is 17.1 Å². The van der Waals surface area contributed by atoms with Gasteiger partial charge in [0, 0.05) is 25.2 Å². The van der Waals surface area contributed by atoms with Gasteiger partial charge in [0.1, 0.15) is 10.7 Å². The number of hydrogen-bond acceptors (Lipinski definition) is 7. The van der Waals surface area contributed by atoms with Crippen LogP contribution >= 0.6 is 11.3 Å². The molecule has 0 radical (unpaired) electrons. The van der Waals surface area contributed by atoms with Crippen molar-refractivity contribution in [2.45, 2.75) is 6.42 Å². The minimum Gasteiger partial charge on any atom is -0.451 e. The second-order valence-electron chi connectivity index (χ2n) is 7.78. The number of halogens is 1. The summed E-state index contributed by atoms with van der Waals surface area (Å²) >= 11 is 1.31. The molecule has 180 valence electrons. The lowest BCUT2D eigenvalue weighted by Gasteiger charge is -2.28. The molecule has 0 atom stereocenters. The van der Waals surface area contributed by atoms with Gasteiger partial charge in [-0.2, -0.15) is 5.26 Å². The van der Waals surface area contributed by atoms with E-state index >= 15 is 0 Å². The lowest BCUT2D eigenvalue weighted by atomic mass is 10.1. The van der Waals surface area contributed by atoms with E-state index in [1.54, 1.807) is 12.1 Å². The van der Waals surface area contributed by atoms with Gasteiger partial charge in [-0.05, 0) is 23.8 Å². The number of para-hydroxylation sites is 1. The zero-order valence-electron chi connectivity index (χ0n) is 19.0. The Morgan fingerprint density at radius 2 is 1.83 bits per heavy atom. The van der Waals surface area contributed by atoms with Crippen LogP contribution in [0.3, 0.4) is 0 Å². The zero-order valence-corrected chi connectivity index (χ0v) is 19.8. The van der Waals surface area contributed by atoms with Gasteiger partial charge in [0.25, 0.3) is 5.91 Å². The van der Waals surface area contributed by atoms with E-state index in [0.29, 0.717) is 31.2 Å². The number of benzene rings is 2. The molecule has 35 heavy (non-hydrogen) atoms. The third-order valence-corrected chi connectivity index (χ3v) is 6.69. The number of carbonyl (C=O) groups is 2. The number of ether oxygens (including phenoxy) is 2. The van der Waals surface area contributed by atoms with E-state index in [9.17, 15) is 14.0 Å². The molecule has 0 N–H and O–H groups in total. The van der Waals surface area contributed by atoms with Crippen LogP contribution in [0.25, 0.3) is 11.1 Å². The molecule has 9 heteroatoms. The number of hydrogen-bond donors (Lipinski definition) is 0. The standard InChI is InChI=1S/C26H24FN3O4S/c27-21-9-4-5-10-22(21)30(12-6-11-28)24(31)18-34-26(32)23-17-20(19-7-2-1-3-8-19)25(35-23)29-13-15-33-16-14-29/h1-5,7-10,17H,6,12-16,18H2. The van der Waals surface area contributed by atoms with Gasteiger partial charge in [0.2, 0.25) is 0 Å². The van der Waals surface area contributed by atoms with Crippen LogP contribution in [0.1, 0.15) is 16.1 Å². The Labute approximate surface area is 206 Å². The maximum absolute atomic E-state index is 14.3. The molecule has 1 aliphatic rings. The molecule has 4 rings (SSSR count). The monoisotopic (exact) mass is 493 g/mol. The van der Waals surface area contributed by atoms with Crippen LogP contribution in [0.5, 0.6) is 0 Å². The molecule has 0 aliphatic carbocycles. The molecule has 7 nitrogen and oxygen atoms in total. The molecule has 1 aliphatic heterocycles. The topological polar surface area (TPSA) is 82.9 Å². The first-order valence-electron chi connectivity index (χ1n) is 11.2. The number of rotatable bonds is 8. The molecule has 1 amide bonds. The Morgan fingerprint density at radius 3 is 2.54 bits per heavy atom. The van der Waals surface area contributed by atoms with Gasteiger partial charge < -0.3 is 19.3 Å². The van der Waals surface area contributed by atoms with Crippen LogP contribution < -0.4 is 9.80 Å². The number of nitriles is 1. The average molecular weight is 494 g/mol. The molecule has 2 heterocycles. The summed E-state index contributed by atoms with van der Waals surface area (Å²) in [5.41, 5.74) is 1.93. The molecule has 2 aromatic carbocycles. The second kappa shape index (κ2) is 11.6. The van der Waals surface area contributed by atoms with Crippen molar-refractivity contribution in [1.82, 2.24) is 0 Å². The number of amides is 1. The highest BCUT2D eigenvalue weighted by Crippen LogP contribution is 2.39. The molecule has 0 saturated carbocycles. The first-order valence-corrected chi connectivity index (χ1v) is 12.0. The average Bonchev–Trinajstić information content (AvgIpc) is 3.35. The Morgan fingerprint density at radius 1 is 1.11 bits per heavy atom. The molecule has 1 aromatic heterocycles. The molecule has 0 spiro atoms. The summed E-state index contributed by atoms with van der Waals surface area (Å²) in [5, 5.41) is 9.88. The third-order valence-electron chi connectivity index (χ3n) is 5.51. The largest absolute Gasteiger partial charge is 0.451 e. The summed E-state index contributed by atoms with van der Waals surface area (Å²) in [7, 11) is 0. The fraction of sp³-hybridized carbons (Fsp3) is 0.269. The van der Waals surface area contributed by atoms with Gasteiger partial charge in [-0.25, -0.2) is 9.18 Å². The predicted molar refractivity (Wildman–Crippen MR) is 132 cm³/mol. The van der Waals surface area contributed by atoms with Crippen LogP contribution in [0.15, 0.2) is 60.7 Å². The van der Waals surface area contributed by atoms with E-state index in [0.717, 1.165) is 21.0 Å². The van der Waals surface area contributed by atoms with Crippen molar-refractivity contribution in [1.29, 1.82) is 5.26 Å². The van der Waals surface area contributed by atoms with Crippen LogP contribution in [-0.4, -0.2) is 51.3 Å². The van der Waals surface area contributed by atoms with E-state index in [-0.39, 0.29) is 18.7 Å². The molecule has 0 bridgehead atoms. The summed E-state index contributed by atoms with van der Waals surface area (Å²) in [4.78, 5) is 29.4. The Bertz CT molecular complexity index is 1220. The first kappa shape index (κ1) is 24.4. The maximum atomic E-state index is 14.3. The number of anilines is 2. The summed E-state index contributed by atoms with van der Waals surface area (Å²) in [6, 6.07) is 19.3. The van der Waals surface area contributed by atoms with Gasteiger partial charge in [-0.1, -0.05) is 42.5 Å². The van der Waals surface area contributed by atoms with E-state index in [2.05, 4.69) is 4.90 Å². The highest BCUT2D eigenvalue weighted by Gasteiger charge is 2.24. The molecular formula is C26H24FN3O4S. The third kappa shape index (κ3) is 5.85. The van der Waals surface area contributed by atoms with Crippen molar-refractivity contribution in [3.63, 3.8) is 0 Å². The fourth-order valence-corrected chi connectivity index (χ4v) is 4.92. The van der Waals surface area contributed by atoms with E-state index < -0.39 is 24.3 Å². The van der Waals surface area contributed by atoms with Crippen molar-refractivity contribution in [2.75, 3.05) is 49.3 Å². The quantitative estimate of drug-likeness (QED) is 0.430. The Kier molecular flexibility index (Phi) is 8.08. The number of carbonyl (C=O) groups excluding carboxylic acids is 2. The van der Waals surface area contributed by atoms with E-state index in [1.807, 2.05) is 36.4 Å². The Hall–Kier alpha value is -3.74. The van der Waals surface area contributed by atoms with Crippen molar-refractivity contribution in [3.8, 4) is 17.2 Å². The predicted octanol–water partition coefficient (Wildman–Crippen LogP) is 4.49. The van der Waals surface area contributed by atoms with Crippen LogP contribution in [0.2, 0.25) is 0 Å². The van der Waals surface area contributed by atoms with Crippen molar-refractivity contribution in [3.05, 3.63) is 71.4 Å². The van der Waals surface area contributed by atoms with Crippen LogP contribution in [-0.2, 0) is 14.3 Å². The number of morpholine rings is 1. The SMILES string of the molecule is N#CCCN(C(=O)COC(=O)c1cc(-c2ccccc2)c(N2CCOCC2)s1)c1ccccc1F. The molecule has 1 saturated heterocycles. The first-order chi connectivity index (χ1) is 17.1. The molecule has 1 fully saturated rings. The highest BCUT2D eigenvalue weighted by molar-refractivity contribution is 7.18. The maximum Gasteiger partial charge on any atom is 0.348 e. The number of esters is 1. The van der Waals surface area contributed by atoms with Crippen molar-refractivity contribution in [2.24, 2.45) is 0 Å². The zero-order chi connectivity index (χ0) is 24.6. The van der Waals surface area contributed by atoms with Gasteiger partial charge in [-0.3, -0.25) is 4.79 Å². The van der Waals surface area contributed by atoms with Gasteiger partial charge in [0.15, 0.2) is 6.61 Å². The van der Waals surface area contributed by atoms with E-state index in [1.165, 1.54) is 29.5 Å². The normalized spacial score (nSPS) is 13.2. The lowest BCUT2D eigenvalue weighted by Crippen LogP contribution is -2.36. The van der Waals surface area contributed by atoms with Crippen molar-refractivity contribution >= 4 is 33.9 Å². The van der Waals surface area contributed by atoms with Crippen LogP contribution in [0.4, 0.5) is 15.1 Å². The lowest BCUT2D eigenvalue weighted by molar-refractivity contribution is -0.121. The van der Waals surface area contributed by atoms with Gasteiger partial charge >= 0.3 is 5.97 Å². The number of nitrogens with zero attached hydrogens (tertiary/aromatic N) is 3. The molecule has 0 unspecified atom stereocenters. The summed E-state index contributed by atoms with van der Waals surface area (Å²) in [5.74, 6) is -1.83. The minimum atomic E-state index is -0.631. The highest BCUT2D eigenvalue weighted by atomic mass is 32.1. The van der Waals surface area contributed by atoms with E-state index in [4.69, 9.17) is 14.7 Å². The minimum absolute atomic E-state index is 0.00778.